The molecule has 1 N–H and O–H groups in total. The molecule has 6 nitrogen and oxygen atoms in total. The highest BCUT2D eigenvalue weighted by Crippen LogP contribution is 2.37. The maximum atomic E-state index is 12.8. The number of nitrogens with one attached hydrogen (secondary N) is 1. The van der Waals surface area contributed by atoms with Gasteiger partial charge in [-0.3, -0.25) is 4.90 Å². The zero-order chi connectivity index (χ0) is 21.3. The first-order valence-corrected chi connectivity index (χ1v) is 10.3. The van der Waals surface area contributed by atoms with Crippen LogP contribution >= 0.6 is 11.6 Å². The van der Waals surface area contributed by atoms with Gasteiger partial charge in [-0.15, -0.1) is 0 Å². The molecule has 4 rings (SSSR count). The van der Waals surface area contributed by atoms with E-state index in [0.29, 0.717) is 23.3 Å². The van der Waals surface area contributed by atoms with Crippen LogP contribution in [0.3, 0.4) is 0 Å². The van der Waals surface area contributed by atoms with Crippen molar-refractivity contribution in [1.29, 1.82) is 0 Å². The smallest absolute Gasteiger partial charge is 0.322 e. The average Bonchev–Trinajstić information content (AvgIpc) is 3.21. The molecule has 1 aliphatic rings. The fraction of sp³-hybridized carbons (Fsp3) is 0.261. The molecule has 0 saturated heterocycles. The Hall–Kier alpha value is -3.12. The van der Waals surface area contributed by atoms with E-state index in [2.05, 4.69) is 15.5 Å². The van der Waals surface area contributed by atoms with E-state index in [4.69, 9.17) is 16.1 Å². The number of benzene rings is 2. The Labute approximate surface area is 180 Å². The lowest BCUT2D eigenvalue weighted by atomic mass is 9.94. The number of aryl methyl sites for hydroxylation is 1. The van der Waals surface area contributed by atoms with E-state index in [1.54, 1.807) is 17.0 Å². The van der Waals surface area contributed by atoms with Crippen molar-refractivity contribution in [2.75, 3.05) is 6.54 Å². The van der Waals surface area contributed by atoms with Crippen LogP contribution in [0.5, 0.6) is 0 Å². The Morgan fingerprint density at radius 1 is 1.10 bits per heavy atom. The Balaban J connectivity index is 1.80. The van der Waals surface area contributed by atoms with Gasteiger partial charge in [-0.2, -0.15) is 4.98 Å². The minimum absolute atomic E-state index is 0.142. The molecule has 3 aromatic rings. The Morgan fingerprint density at radius 2 is 1.80 bits per heavy atom. The Bertz CT molecular complexity index is 1090. The van der Waals surface area contributed by atoms with E-state index in [-0.39, 0.29) is 6.03 Å². The molecule has 1 aromatic heterocycles. The molecule has 1 unspecified atom stereocenters. The lowest BCUT2D eigenvalue weighted by Gasteiger charge is -2.35. The van der Waals surface area contributed by atoms with Gasteiger partial charge in [-0.1, -0.05) is 65.6 Å². The zero-order valence-corrected chi connectivity index (χ0v) is 17.9. The van der Waals surface area contributed by atoms with Crippen LogP contribution in [-0.2, 0) is 0 Å². The number of amides is 2. The molecule has 1 aliphatic heterocycles. The summed E-state index contributed by atoms with van der Waals surface area (Å²) in [5.74, 6) is 0.906. The molecule has 30 heavy (non-hydrogen) atoms. The van der Waals surface area contributed by atoms with Gasteiger partial charge >= 0.3 is 6.03 Å². The van der Waals surface area contributed by atoms with Gasteiger partial charge < -0.3 is 9.84 Å². The molecule has 2 amide bonds. The van der Waals surface area contributed by atoms with Crippen molar-refractivity contribution in [3.63, 3.8) is 0 Å². The van der Waals surface area contributed by atoms with Crippen LogP contribution < -0.4 is 5.32 Å². The average molecular weight is 423 g/mol. The highest BCUT2D eigenvalue weighted by atomic mass is 35.5. The van der Waals surface area contributed by atoms with Crippen LogP contribution in [0.4, 0.5) is 4.79 Å². The first kappa shape index (κ1) is 20.2. The summed E-state index contributed by atoms with van der Waals surface area (Å²) in [5.41, 5.74) is 4.53. The predicted molar refractivity (Wildman–Crippen MR) is 117 cm³/mol. The van der Waals surface area contributed by atoms with Crippen molar-refractivity contribution in [2.24, 2.45) is 0 Å². The van der Waals surface area contributed by atoms with Crippen LogP contribution in [0, 0.1) is 6.92 Å². The summed E-state index contributed by atoms with van der Waals surface area (Å²) >= 11 is 6.06. The molecule has 154 valence electrons. The van der Waals surface area contributed by atoms with Gasteiger partial charge in [0.2, 0.25) is 5.82 Å². The molecule has 0 spiro atoms. The number of carbonyl (C=O) groups is 1. The number of rotatable bonds is 5. The topological polar surface area (TPSA) is 71.3 Å². The largest absolute Gasteiger partial charge is 0.334 e. The van der Waals surface area contributed by atoms with E-state index < -0.39 is 6.04 Å². The van der Waals surface area contributed by atoms with Crippen LogP contribution in [0.1, 0.15) is 43.3 Å². The number of allylic oxidation sites excluding steroid dienone is 1. The SMILES string of the molecule is CCCN1C(=O)NC(c2ccc(Cl)cc2)C(c2nc(-c3ccc(C)cc3)no2)=C1C. The standard InChI is InChI=1S/C23H23ClN4O2/c1-4-13-28-15(3)19(20(25-23(28)29)16-9-11-18(24)12-10-16)22-26-21(27-30-22)17-7-5-14(2)6-8-17/h5-12,20H,4,13H2,1-3H3,(H,25,29). The van der Waals surface area contributed by atoms with Gasteiger partial charge in [0, 0.05) is 22.8 Å². The second-order valence-electron chi connectivity index (χ2n) is 7.37. The molecule has 0 radical (unpaired) electrons. The number of nitrogens with zero attached hydrogens (tertiary/aromatic N) is 3. The number of halogens is 1. The maximum Gasteiger partial charge on any atom is 0.322 e. The van der Waals surface area contributed by atoms with Gasteiger partial charge in [0.1, 0.15) is 0 Å². The highest BCUT2D eigenvalue weighted by molar-refractivity contribution is 6.30. The zero-order valence-electron chi connectivity index (χ0n) is 17.1. The van der Waals surface area contributed by atoms with Gasteiger partial charge in [0.25, 0.3) is 5.89 Å². The molecular weight excluding hydrogens is 400 g/mol. The minimum atomic E-state index is -0.408. The van der Waals surface area contributed by atoms with E-state index in [1.807, 2.05) is 57.2 Å². The number of hydrogen-bond acceptors (Lipinski definition) is 4. The van der Waals surface area contributed by atoms with Gasteiger partial charge in [-0.05, 0) is 38.0 Å². The van der Waals surface area contributed by atoms with Crippen molar-refractivity contribution in [1.82, 2.24) is 20.4 Å². The molecule has 1 atom stereocenters. The lowest BCUT2D eigenvalue weighted by Crippen LogP contribution is -2.46. The summed E-state index contributed by atoms with van der Waals surface area (Å²) in [7, 11) is 0. The molecule has 0 bridgehead atoms. The fourth-order valence-electron chi connectivity index (χ4n) is 3.61. The maximum absolute atomic E-state index is 12.8. The fourth-order valence-corrected chi connectivity index (χ4v) is 3.74. The molecule has 0 saturated carbocycles. The third-order valence-electron chi connectivity index (χ3n) is 5.21. The lowest BCUT2D eigenvalue weighted by molar-refractivity contribution is 0.205. The quantitative estimate of drug-likeness (QED) is 0.580. The molecular formula is C23H23ClN4O2. The third kappa shape index (κ3) is 3.83. The molecule has 0 fully saturated rings. The first-order valence-electron chi connectivity index (χ1n) is 9.93. The van der Waals surface area contributed by atoms with Crippen molar-refractivity contribution in [3.05, 3.63) is 76.3 Å². The number of aromatic nitrogens is 2. The Kier molecular flexibility index (Phi) is 5.59. The Morgan fingerprint density at radius 3 is 2.47 bits per heavy atom. The van der Waals surface area contributed by atoms with Crippen LogP contribution in [0.15, 0.2) is 58.8 Å². The minimum Gasteiger partial charge on any atom is -0.334 e. The number of urea groups is 1. The monoisotopic (exact) mass is 422 g/mol. The van der Waals surface area contributed by atoms with E-state index >= 15 is 0 Å². The second-order valence-corrected chi connectivity index (χ2v) is 7.81. The molecule has 2 aromatic carbocycles. The van der Waals surface area contributed by atoms with Crippen molar-refractivity contribution in [2.45, 2.75) is 33.2 Å². The molecule has 7 heteroatoms. The van der Waals surface area contributed by atoms with Crippen LogP contribution in [-0.4, -0.2) is 27.6 Å². The predicted octanol–water partition coefficient (Wildman–Crippen LogP) is 5.61. The molecule has 2 heterocycles. The summed E-state index contributed by atoms with van der Waals surface area (Å²) in [5, 5.41) is 7.90. The van der Waals surface area contributed by atoms with E-state index in [1.165, 1.54) is 0 Å². The van der Waals surface area contributed by atoms with Crippen molar-refractivity contribution in [3.8, 4) is 11.4 Å². The van der Waals surface area contributed by atoms with E-state index in [0.717, 1.165) is 34.4 Å². The van der Waals surface area contributed by atoms with Crippen LogP contribution in [0.2, 0.25) is 5.02 Å². The van der Waals surface area contributed by atoms with E-state index in [9.17, 15) is 4.79 Å². The van der Waals surface area contributed by atoms with Gasteiger partial charge in [0.15, 0.2) is 0 Å². The summed E-state index contributed by atoms with van der Waals surface area (Å²) in [6.07, 6.45) is 0.835. The van der Waals surface area contributed by atoms with Crippen molar-refractivity contribution >= 4 is 23.2 Å². The van der Waals surface area contributed by atoms with Crippen molar-refractivity contribution < 1.29 is 9.32 Å². The summed E-state index contributed by atoms with van der Waals surface area (Å²) < 4.78 is 5.67. The molecule has 0 aliphatic carbocycles. The van der Waals surface area contributed by atoms with Gasteiger partial charge in [0.05, 0.1) is 11.6 Å². The first-order chi connectivity index (χ1) is 14.5. The normalized spacial score (nSPS) is 16.7. The number of carbonyl (C=O) groups excluding carboxylic acids is 1. The summed E-state index contributed by atoms with van der Waals surface area (Å²) in [6, 6.07) is 14.8. The van der Waals surface area contributed by atoms with Crippen LogP contribution in [0.25, 0.3) is 17.0 Å². The number of hydrogen-bond donors (Lipinski definition) is 1. The summed E-state index contributed by atoms with van der Waals surface area (Å²) in [6.45, 7) is 6.59. The van der Waals surface area contributed by atoms with Gasteiger partial charge in [-0.25, -0.2) is 4.79 Å². The highest BCUT2D eigenvalue weighted by Gasteiger charge is 2.35. The summed E-state index contributed by atoms with van der Waals surface area (Å²) in [4.78, 5) is 19.1. The second kappa shape index (κ2) is 8.32. The third-order valence-corrected chi connectivity index (χ3v) is 5.47.